The zero-order valence-corrected chi connectivity index (χ0v) is 23.9. The molecule has 0 aliphatic carbocycles. The number of carbonyl (C=O) groups is 2. The number of phenolic OH excluding ortho intramolecular Hbond substituents is 2. The summed E-state index contributed by atoms with van der Waals surface area (Å²) in [6.45, 7) is 9.47. The highest BCUT2D eigenvalue weighted by Crippen LogP contribution is 2.27. The van der Waals surface area contributed by atoms with Crippen molar-refractivity contribution >= 4 is 11.8 Å². The summed E-state index contributed by atoms with van der Waals surface area (Å²) in [4.78, 5) is 24.5. The Labute approximate surface area is 229 Å². The van der Waals surface area contributed by atoms with Gasteiger partial charge in [0.2, 0.25) is 11.8 Å². The van der Waals surface area contributed by atoms with Crippen LogP contribution in [0.25, 0.3) is 0 Å². The van der Waals surface area contributed by atoms with Crippen LogP contribution in [0.15, 0.2) is 24.3 Å². The molecule has 38 heavy (non-hydrogen) atoms. The number of amides is 2. The Balaban J connectivity index is 1.55. The fourth-order valence-electron chi connectivity index (χ4n) is 4.78. The van der Waals surface area contributed by atoms with E-state index in [1.54, 1.807) is 0 Å². The zero-order valence-electron chi connectivity index (χ0n) is 23.9. The number of hydrogen-bond acceptors (Lipinski definition) is 4. The quantitative estimate of drug-likeness (QED) is 0.199. The van der Waals surface area contributed by atoms with E-state index in [-0.39, 0.29) is 11.8 Å². The summed E-state index contributed by atoms with van der Waals surface area (Å²) in [5, 5.41) is 26.5. The molecule has 0 saturated carbocycles. The van der Waals surface area contributed by atoms with Crippen LogP contribution in [-0.4, -0.2) is 35.1 Å². The van der Waals surface area contributed by atoms with E-state index < -0.39 is 0 Å². The van der Waals surface area contributed by atoms with Crippen LogP contribution in [0.5, 0.6) is 11.5 Å². The van der Waals surface area contributed by atoms with Gasteiger partial charge < -0.3 is 20.8 Å². The van der Waals surface area contributed by atoms with Crippen LogP contribution in [0.1, 0.15) is 99.6 Å². The van der Waals surface area contributed by atoms with Crippen LogP contribution in [0.3, 0.4) is 0 Å². The van der Waals surface area contributed by atoms with Gasteiger partial charge in [-0.05, 0) is 84.7 Å². The Morgan fingerprint density at radius 3 is 1.18 bits per heavy atom. The molecule has 0 heterocycles. The minimum absolute atomic E-state index is 0.0622. The SMILES string of the molecule is CCc1cc(CCC(=O)NCCCCCCNC(=O)CCc2cc(CC)c(O)c(CC)c2)cc(CC)c1O. The predicted octanol–water partition coefficient (Wildman–Crippen LogP) is 5.71. The van der Waals surface area contributed by atoms with Gasteiger partial charge in [0.05, 0.1) is 0 Å². The number of aryl methyl sites for hydroxylation is 6. The van der Waals surface area contributed by atoms with Crippen LogP contribution >= 0.6 is 0 Å². The average Bonchev–Trinajstić information content (AvgIpc) is 2.93. The molecule has 2 rings (SSSR count). The van der Waals surface area contributed by atoms with Crippen LogP contribution < -0.4 is 10.6 Å². The van der Waals surface area contributed by atoms with E-state index in [1.807, 2.05) is 52.0 Å². The molecule has 0 aromatic heterocycles. The van der Waals surface area contributed by atoms with Crippen molar-refractivity contribution in [3.8, 4) is 11.5 Å². The third-order valence-electron chi connectivity index (χ3n) is 7.21. The topological polar surface area (TPSA) is 98.7 Å². The first kappa shape index (κ1) is 31.2. The van der Waals surface area contributed by atoms with Crippen molar-refractivity contribution in [1.29, 1.82) is 0 Å². The second-order valence-corrected chi connectivity index (χ2v) is 10.1. The van der Waals surface area contributed by atoms with Gasteiger partial charge in [-0.25, -0.2) is 0 Å². The van der Waals surface area contributed by atoms with E-state index >= 15 is 0 Å². The fourth-order valence-corrected chi connectivity index (χ4v) is 4.78. The number of phenols is 2. The third kappa shape index (κ3) is 10.0. The highest BCUT2D eigenvalue weighted by atomic mass is 16.3. The monoisotopic (exact) mass is 524 g/mol. The number of benzene rings is 2. The number of nitrogens with one attached hydrogen (secondary N) is 2. The van der Waals surface area contributed by atoms with Crippen molar-refractivity contribution in [2.24, 2.45) is 0 Å². The highest BCUT2D eigenvalue weighted by Gasteiger charge is 2.11. The Hall–Kier alpha value is -3.02. The van der Waals surface area contributed by atoms with Gasteiger partial charge in [0.1, 0.15) is 11.5 Å². The standard InChI is InChI=1S/C32H48N2O4/c1-5-25-19-23(20-26(6-2)31(25)37)13-15-29(35)33-17-11-9-10-12-18-34-30(36)16-14-24-21-27(7-3)32(38)28(8-4)22-24/h19-22,37-38H,5-18H2,1-4H3,(H,33,35)(H,34,36). The second-order valence-electron chi connectivity index (χ2n) is 10.1. The van der Waals surface area contributed by atoms with Gasteiger partial charge in [-0.15, -0.1) is 0 Å². The molecule has 0 aliphatic rings. The molecule has 0 radical (unpaired) electrons. The summed E-state index contributed by atoms with van der Waals surface area (Å²) in [5.74, 6) is 0.917. The minimum Gasteiger partial charge on any atom is -0.507 e. The van der Waals surface area contributed by atoms with Crippen LogP contribution in [0, 0.1) is 0 Å². The lowest BCUT2D eigenvalue weighted by molar-refractivity contribution is -0.121. The largest absolute Gasteiger partial charge is 0.507 e. The van der Waals surface area contributed by atoms with Crippen molar-refractivity contribution in [3.63, 3.8) is 0 Å². The van der Waals surface area contributed by atoms with E-state index in [0.29, 0.717) is 50.3 Å². The van der Waals surface area contributed by atoms with Crippen molar-refractivity contribution in [2.45, 2.75) is 105 Å². The van der Waals surface area contributed by atoms with Gasteiger partial charge in [-0.1, -0.05) is 64.8 Å². The first-order valence-corrected chi connectivity index (χ1v) is 14.5. The van der Waals surface area contributed by atoms with Gasteiger partial charge in [0, 0.05) is 25.9 Å². The molecule has 2 aromatic carbocycles. The van der Waals surface area contributed by atoms with E-state index in [1.165, 1.54) is 0 Å². The number of aromatic hydroxyl groups is 2. The third-order valence-corrected chi connectivity index (χ3v) is 7.21. The second kappa shape index (κ2) is 16.7. The summed E-state index contributed by atoms with van der Waals surface area (Å²) in [7, 11) is 0. The molecule has 6 nitrogen and oxygen atoms in total. The van der Waals surface area contributed by atoms with Crippen molar-refractivity contribution in [1.82, 2.24) is 10.6 Å². The van der Waals surface area contributed by atoms with E-state index in [9.17, 15) is 19.8 Å². The van der Waals surface area contributed by atoms with Crippen molar-refractivity contribution < 1.29 is 19.8 Å². The lowest BCUT2D eigenvalue weighted by Gasteiger charge is -2.11. The van der Waals surface area contributed by atoms with E-state index in [0.717, 1.165) is 84.7 Å². The lowest BCUT2D eigenvalue weighted by Crippen LogP contribution is -2.25. The molecule has 0 bridgehead atoms. The first-order valence-electron chi connectivity index (χ1n) is 14.5. The van der Waals surface area contributed by atoms with Crippen LogP contribution in [0.4, 0.5) is 0 Å². The maximum Gasteiger partial charge on any atom is 0.220 e. The fraction of sp³-hybridized carbons (Fsp3) is 0.562. The summed E-state index contributed by atoms with van der Waals surface area (Å²) >= 11 is 0. The average molecular weight is 525 g/mol. The molecule has 0 fully saturated rings. The highest BCUT2D eigenvalue weighted by molar-refractivity contribution is 5.76. The normalized spacial score (nSPS) is 10.9. The molecule has 2 amide bonds. The molecular weight excluding hydrogens is 476 g/mol. The van der Waals surface area contributed by atoms with Crippen molar-refractivity contribution in [3.05, 3.63) is 57.6 Å². The molecular formula is C32H48N2O4. The van der Waals surface area contributed by atoms with Gasteiger partial charge in [0.15, 0.2) is 0 Å². The molecule has 2 aromatic rings. The Kier molecular flexibility index (Phi) is 13.7. The summed E-state index contributed by atoms with van der Waals surface area (Å²) < 4.78 is 0. The molecule has 4 N–H and O–H groups in total. The lowest BCUT2D eigenvalue weighted by atomic mass is 9.98. The molecule has 210 valence electrons. The van der Waals surface area contributed by atoms with Gasteiger partial charge in [-0.2, -0.15) is 0 Å². The van der Waals surface area contributed by atoms with Crippen LogP contribution in [-0.2, 0) is 48.1 Å². The summed E-state index contributed by atoms with van der Waals surface area (Å²) in [5.41, 5.74) is 6.00. The van der Waals surface area contributed by atoms with E-state index in [2.05, 4.69) is 10.6 Å². The molecule has 0 spiro atoms. The zero-order chi connectivity index (χ0) is 27.9. The summed E-state index contributed by atoms with van der Waals surface area (Å²) in [6.07, 6.45) is 9.27. The Bertz CT molecular complexity index is 914. The maximum absolute atomic E-state index is 12.2. The smallest absolute Gasteiger partial charge is 0.220 e. The summed E-state index contributed by atoms with van der Waals surface area (Å²) in [6, 6.07) is 8.05. The van der Waals surface area contributed by atoms with Gasteiger partial charge in [0.25, 0.3) is 0 Å². The molecule has 0 unspecified atom stereocenters. The van der Waals surface area contributed by atoms with E-state index in [4.69, 9.17) is 0 Å². The predicted molar refractivity (Wildman–Crippen MR) is 155 cm³/mol. The van der Waals surface area contributed by atoms with Gasteiger partial charge in [-0.3, -0.25) is 9.59 Å². The molecule has 0 aliphatic heterocycles. The molecule has 0 atom stereocenters. The number of carbonyl (C=O) groups excluding carboxylic acids is 2. The van der Waals surface area contributed by atoms with Crippen molar-refractivity contribution in [2.75, 3.05) is 13.1 Å². The van der Waals surface area contributed by atoms with Crippen LogP contribution in [0.2, 0.25) is 0 Å². The molecule has 0 saturated heterocycles. The number of hydrogen-bond donors (Lipinski definition) is 4. The number of unbranched alkanes of at least 4 members (excludes halogenated alkanes) is 3. The maximum atomic E-state index is 12.2. The van der Waals surface area contributed by atoms with Gasteiger partial charge >= 0.3 is 0 Å². The molecule has 6 heteroatoms. The Morgan fingerprint density at radius 2 is 0.895 bits per heavy atom. The minimum atomic E-state index is 0.0622. The first-order chi connectivity index (χ1) is 18.3. The number of rotatable bonds is 17. The Morgan fingerprint density at radius 1 is 0.579 bits per heavy atom.